The summed E-state index contributed by atoms with van der Waals surface area (Å²) in [5.41, 5.74) is 0.479. The van der Waals surface area contributed by atoms with Gasteiger partial charge in [0.1, 0.15) is 17.3 Å². The Hall–Kier alpha value is -2.22. The van der Waals surface area contributed by atoms with E-state index >= 15 is 0 Å². The summed E-state index contributed by atoms with van der Waals surface area (Å²) in [6, 6.07) is 4.65. The molecule has 3 rings (SSSR count). The Labute approximate surface area is 202 Å². The van der Waals surface area contributed by atoms with Gasteiger partial charge in [-0.25, -0.2) is 4.99 Å². The highest BCUT2D eigenvalue weighted by atomic mass is 127. The number of nitrogens with zero attached hydrogens (tertiary/aromatic N) is 4. The van der Waals surface area contributed by atoms with Crippen LogP contribution in [0.1, 0.15) is 30.1 Å². The van der Waals surface area contributed by atoms with Gasteiger partial charge in [0.25, 0.3) is 0 Å². The summed E-state index contributed by atoms with van der Waals surface area (Å²) >= 11 is 0. The van der Waals surface area contributed by atoms with Crippen molar-refractivity contribution in [1.29, 1.82) is 0 Å². The minimum Gasteiger partial charge on any atom is -0.497 e. The number of ether oxygens (including phenoxy) is 3. The van der Waals surface area contributed by atoms with Gasteiger partial charge in [0.15, 0.2) is 11.8 Å². The SMILES string of the molecule is COc1ccc(OC(F)F)c(CN=C(NCc2nnc(C)n2C)NCC2CCCO2)c1.I. The lowest BCUT2D eigenvalue weighted by Crippen LogP contribution is -2.41. The third kappa shape index (κ3) is 7.43. The number of benzene rings is 1. The van der Waals surface area contributed by atoms with E-state index < -0.39 is 6.61 Å². The van der Waals surface area contributed by atoms with Gasteiger partial charge in [-0.3, -0.25) is 0 Å². The number of hydrogen-bond acceptors (Lipinski definition) is 6. The normalized spacial score (nSPS) is 16.1. The Morgan fingerprint density at radius 1 is 1.34 bits per heavy atom. The van der Waals surface area contributed by atoms with Crippen molar-refractivity contribution in [2.45, 2.75) is 45.6 Å². The van der Waals surface area contributed by atoms with Crippen molar-refractivity contribution in [3.8, 4) is 11.5 Å². The van der Waals surface area contributed by atoms with E-state index in [-0.39, 0.29) is 42.4 Å². The molecule has 2 aromatic rings. The zero-order valence-electron chi connectivity index (χ0n) is 18.3. The minimum absolute atomic E-state index is 0. The number of nitrogens with one attached hydrogen (secondary N) is 2. The van der Waals surface area contributed by atoms with Crippen molar-refractivity contribution in [2.75, 3.05) is 20.3 Å². The van der Waals surface area contributed by atoms with Crippen LogP contribution in [0.2, 0.25) is 0 Å². The van der Waals surface area contributed by atoms with Gasteiger partial charge in [-0.05, 0) is 38.0 Å². The van der Waals surface area contributed by atoms with Crippen LogP contribution in [-0.2, 0) is 24.9 Å². The van der Waals surface area contributed by atoms with Gasteiger partial charge in [-0.1, -0.05) is 0 Å². The molecule has 1 saturated heterocycles. The van der Waals surface area contributed by atoms with Crippen molar-refractivity contribution in [2.24, 2.45) is 12.0 Å². The molecule has 0 aliphatic carbocycles. The molecule has 1 aromatic carbocycles. The van der Waals surface area contributed by atoms with Crippen LogP contribution in [-0.4, -0.2) is 53.7 Å². The number of guanidine groups is 1. The van der Waals surface area contributed by atoms with E-state index in [0.717, 1.165) is 31.1 Å². The summed E-state index contributed by atoms with van der Waals surface area (Å²) in [5, 5.41) is 14.6. The molecule has 1 aromatic heterocycles. The first-order valence-electron chi connectivity index (χ1n) is 10.1. The molecular weight excluding hydrogens is 537 g/mol. The molecule has 12 heteroatoms. The monoisotopic (exact) mass is 566 g/mol. The molecule has 32 heavy (non-hydrogen) atoms. The van der Waals surface area contributed by atoms with Crippen molar-refractivity contribution in [3.63, 3.8) is 0 Å². The second-order valence-electron chi connectivity index (χ2n) is 7.11. The summed E-state index contributed by atoms with van der Waals surface area (Å²) in [4.78, 5) is 4.55. The first-order valence-corrected chi connectivity index (χ1v) is 10.1. The number of halogens is 3. The molecule has 1 unspecified atom stereocenters. The van der Waals surface area contributed by atoms with Crippen LogP contribution in [0, 0.1) is 6.92 Å². The number of methoxy groups -OCH3 is 1. The maximum atomic E-state index is 12.8. The van der Waals surface area contributed by atoms with E-state index in [1.165, 1.54) is 13.2 Å². The van der Waals surface area contributed by atoms with E-state index in [1.54, 1.807) is 12.1 Å². The average Bonchev–Trinajstić information content (AvgIpc) is 3.38. The number of hydrogen-bond donors (Lipinski definition) is 2. The first kappa shape index (κ1) is 26.0. The number of aromatic nitrogens is 3. The van der Waals surface area contributed by atoms with Gasteiger partial charge in [0, 0.05) is 25.8 Å². The van der Waals surface area contributed by atoms with Crippen LogP contribution in [0.3, 0.4) is 0 Å². The maximum absolute atomic E-state index is 12.8. The maximum Gasteiger partial charge on any atom is 0.387 e. The van der Waals surface area contributed by atoms with E-state index in [4.69, 9.17) is 9.47 Å². The Morgan fingerprint density at radius 2 is 2.16 bits per heavy atom. The topological polar surface area (TPSA) is 94.8 Å². The fourth-order valence-electron chi connectivity index (χ4n) is 3.14. The molecule has 0 saturated carbocycles. The number of rotatable bonds is 9. The Kier molecular flexibility index (Phi) is 10.4. The van der Waals surface area contributed by atoms with E-state index in [9.17, 15) is 8.78 Å². The smallest absolute Gasteiger partial charge is 0.387 e. The zero-order valence-corrected chi connectivity index (χ0v) is 20.6. The highest BCUT2D eigenvalue weighted by molar-refractivity contribution is 14.0. The Balaban J connectivity index is 0.00000363. The van der Waals surface area contributed by atoms with Gasteiger partial charge in [0.2, 0.25) is 0 Å². The third-order valence-electron chi connectivity index (χ3n) is 5.01. The Bertz CT molecular complexity index is 890. The molecule has 2 N–H and O–H groups in total. The largest absolute Gasteiger partial charge is 0.497 e. The predicted molar refractivity (Wildman–Crippen MR) is 126 cm³/mol. The lowest BCUT2D eigenvalue weighted by Gasteiger charge is -2.16. The zero-order chi connectivity index (χ0) is 22.2. The number of aryl methyl sites for hydroxylation is 1. The van der Waals surface area contributed by atoms with Gasteiger partial charge in [-0.2, -0.15) is 8.78 Å². The predicted octanol–water partition coefficient (Wildman–Crippen LogP) is 2.77. The third-order valence-corrected chi connectivity index (χ3v) is 5.01. The van der Waals surface area contributed by atoms with Crippen LogP contribution in [0.15, 0.2) is 23.2 Å². The molecule has 9 nitrogen and oxygen atoms in total. The van der Waals surface area contributed by atoms with Gasteiger partial charge in [0.05, 0.1) is 26.3 Å². The lowest BCUT2D eigenvalue weighted by atomic mass is 10.2. The molecule has 1 fully saturated rings. The van der Waals surface area contributed by atoms with Gasteiger partial charge < -0.3 is 29.4 Å². The van der Waals surface area contributed by atoms with Crippen molar-refractivity contribution in [3.05, 3.63) is 35.4 Å². The molecule has 0 bridgehead atoms. The van der Waals surface area contributed by atoms with Crippen LogP contribution >= 0.6 is 24.0 Å². The summed E-state index contributed by atoms with van der Waals surface area (Å²) in [6.45, 7) is 0.787. The molecule has 0 spiro atoms. The molecule has 0 radical (unpaired) electrons. The molecule has 1 aliphatic heterocycles. The fraction of sp³-hybridized carbons (Fsp3) is 0.550. The average molecular weight is 566 g/mol. The molecule has 2 heterocycles. The van der Waals surface area contributed by atoms with E-state index in [0.29, 0.717) is 30.4 Å². The van der Waals surface area contributed by atoms with Crippen molar-refractivity contribution >= 4 is 29.9 Å². The Morgan fingerprint density at radius 3 is 2.78 bits per heavy atom. The fourth-order valence-corrected chi connectivity index (χ4v) is 3.14. The molecule has 178 valence electrons. The van der Waals surface area contributed by atoms with Crippen LogP contribution in [0.4, 0.5) is 8.78 Å². The molecular formula is C20H29F2IN6O3. The second kappa shape index (κ2) is 12.7. The van der Waals surface area contributed by atoms with Crippen LogP contribution in [0.25, 0.3) is 0 Å². The van der Waals surface area contributed by atoms with Gasteiger partial charge in [-0.15, -0.1) is 34.2 Å². The lowest BCUT2D eigenvalue weighted by molar-refractivity contribution is -0.0504. The van der Waals surface area contributed by atoms with Crippen molar-refractivity contribution < 1.29 is 23.0 Å². The summed E-state index contributed by atoms with van der Waals surface area (Å²) in [7, 11) is 3.39. The first-order chi connectivity index (χ1) is 15.0. The summed E-state index contributed by atoms with van der Waals surface area (Å²) < 4.78 is 42.9. The van der Waals surface area contributed by atoms with E-state index in [1.807, 2.05) is 18.5 Å². The second-order valence-corrected chi connectivity index (χ2v) is 7.11. The molecule has 1 atom stereocenters. The summed E-state index contributed by atoms with van der Waals surface area (Å²) in [6.07, 6.45) is 2.12. The highest BCUT2D eigenvalue weighted by Gasteiger charge is 2.16. The molecule has 1 aliphatic rings. The minimum atomic E-state index is -2.93. The van der Waals surface area contributed by atoms with Gasteiger partial charge >= 0.3 is 6.61 Å². The quantitative estimate of drug-likeness (QED) is 0.274. The van der Waals surface area contributed by atoms with Crippen LogP contribution < -0.4 is 20.1 Å². The van der Waals surface area contributed by atoms with E-state index in [2.05, 4.69) is 30.6 Å². The molecule has 0 amide bonds. The van der Waals surface area contributed by atoms with Crippen LogP contribution in [0.5, 0.6) is 11.5 Å². The standard InChI is InChI=1S/C20H28F2N6O3.HI/c1-13-26-27-18(28(13)2)12-25-20(24-11-16-5-4-8-30-16)23-10-14-9-15(29-3)6-7-17(14)31-19(21)22;/h6-7,9,16,19H,4-5,8,10-12H2,1-3H3,(H2,23,24,25);1H. The number of aliphatic imine (C=N–C) groups is 1. The highest BCUT2D eigenvalue weighted by Crippen LogP contribution is 2.26. The number of alkyl halides is 2. The van der Waals surface area contributed by atoms with Crippen molar-refractivity contribution in [1.82, 2.24) is 25.4 Å². The summed E-state index contributed by atoms with van der Waals surface area (Å²) in [5.74, 6) is 2.63.